The molecule has 0 saturated heterocycles. The highest BCUT2D eigenvalue weighted by atomic mass is 16.5. The van der Waals surface area contributed by atoms with Gasteiger partial charge in [0.05, 0.1) is 13.7 Å². The molecule has 0 fully saturated rings. The number of methoxy groups -OCH3 is 1. The smallest absolute Gasteiger partial charge is 0.409 e. The molecule has 0 saturated carbocycles. The second-order valence-corrected chi connectivity index (χ2v) is 6.98. The van der Waals surface area contributed by atoms with Crippen LogP contribution in [0.15, 0.2) is 0 Å². The van der Waals surface area contributed by atoms with Crippen molar-refractivity contribution in [2.24, 2.45) is 0 Å². The molecule has 0 rings (SSSR count). The molecule has 2 amide bonds. The Morgan fingerprint density at radius 1 is 0.741 bits per heavy atom. The molecule has 27 heavy (non-hydrogen) atoms. The molecule has 0 spiro atoms. The normalized spacial score (nSPS) is 10.4. The highest BCUT2D eigenvalue weighted by Crippen LogP contribution is 2.10. The van der Waals surface area contributed by atoms with Gasteiger partial charge in [0, 0.05) is 14.1 Å². The van der Waals surface area contributed by atoms with Crippen LogP contribution in [0.3, 0.4) is 0 Å². The molecule has 0 radical (unpaired) electrons. The number of amides is 2. The molecule has 0 heterocycles. The molecule has 0 atom stereocenters. The Balaban J connectivity index is 3.65. The van der Waals surface area contributed by atoms with Crippen molar-refractivity contribution in [3.8, 4) is 0 Å². The maximum atomic E-state index is 11.9. The largest absolute Gasteiger partial charge is 0.464 e. The number of unbranched alkanes of at least 4 members (excludes halogenated alkanes) is 9. The number of carbonyl (C=O) groups excluding carboxylic acids is 3. The highest BCUT2D eigenvalue weighted by Gasteiger charge is 2.18. The van der Waals surface area contributed by atoms with Crippen LogP contribution >= 0.6 is 0 Å². The summed E-state index contributed by atoms with van der Waals surface area (Å²) >= 11 is 0. The summed E-state index contributed by atoms with van der Waals surface area (Å²) in [5.74, 6) is -0.777. The second kappa shape index (κ2) is 16.4. The third kappa shape index (κ3) is 14.0. The zero-order valence-corrected chi connectivity index (χ0v) is 17.6. The zero-order chi connectivity index (χ0) is 20.5. The molecule has 0 aromatic heterocycles. The van der Waals surface area contributed by atoms with Crippen LogP contribution in [-0.2, 0) is 19.1 Å². The van der Waals surface area contributed by atoms with Gasteiger partial charge >= 0.3 is 12.1 Å². The van der Waals surface area contributed by atoms with Gasteiger partial charge in [0.25, 0.3) is 0 Å². The summed E-state index contributed by atoms with van der Waals surface area (Å²) in [6, 6.07) is 0. The Hall–Kier alpha value is -1.79. The quantitative estimate of drug-likeness (QED) is 0.317. The van der Waals surface area contributed by atoms with E-state index in [-0.39, 0.29) is 19.0 Å². The Morgan fingerprint density at radius 3 is 1.78 bits per heavy atom. The van der Waals surface area contributed by atoms with E-state index in [4.69, 9.17) is 4.74 Å². The predicted octanol–water partition coefficient (Wildman–Crippen LogP) is 3.61. The second-order valence-electron chi connectivity index (χ2n) is 6.98. The lowest BCUT2D eigenvalue weighted by molar-refractivity contribution is -0.148. The van der Waals surface area contributed by atoms with Crippen molar-refractivity contribution in [3.63, 3.8) is 0 Å². The van der Waals surface area contributed by atoms with Gasteiger partial charge in [-0.05, 0) is 6.42 Å². The monoisotopic (exact) mass is 386 g/mol. The fourth-order valence-electron chi connectivity index (χ4n) is 2.65. The topological polar surface area (TPSA) is 76.2 Å². The van der Waals surface area contributed by atoms with Gasteiger partial charge in [-0.2, -0.15) is 0 Å². The molecular weight excluding hydrogens is 348 g/mol. The van der Waals surface area contributed by atoms with E-state index in [9.17, 15) is 14.4 Å². The van der Waals surface area contributed by atoms with Crippen LogP contribution in [0.1, 0.15) is 71.1 Å². The van der Waals surface area contributed by atoms with Crippen molar-refractivity contribution in [2.75, 3.05) is 40.9 Å². The van der Waals surface area contributed by atoms with Gasteiger partial charge in [-0.25, -0.2) is 4.79 Å². The molecule has 0 N–H and O–H groups in total. The lowest BCUT2D eigenvalue weighted by Crippen LogP contribution is -2.41. The minimum absolute atomic E-state index is 0.119. The van der Waals surface area contributed by atoms with Crippen molar-refractivity contribution < 1.29 is 23.9 Å². The summed E-state index contributed by atoms with van der Waals surface area (Å²) < 4.78 is 9.69. The molecule has 0 unspecified atom stereocenters. The Morgan fingerprint density at radius 2 is 1.26 bits per heavy atom. The molecule has 0 aromatic carbocycles. The number of ether oxygens (including phenoxy) is 2. The Kier molecular flexibility index (Phi) is 15.3. The first kappa shape index (κ1) is 25.2. The lowest BCUT2D eigenvalue weighted by Gasteiger charge is -2.20. The van der Waals surface area contributed by atoms with Crippen LogP contribution in [0, 0.1) is 0 Å². The van der Waals surface area contributed by atoms with E-state index >= 15 is 0 Å². The molecule has 7 heteroatoms. The Labute approximate surface area is 164 Å². The number of esters is 1. The minimum atomic E-state index is -0.597. The molecule has 0 aliphatic carbocycles. The van der Waals surface area contributed by atoms with Gasteiger partial charge in [-0.3, -0.25) is 9.59 Å². The van der Waals surface area contributed by atoms with Crippen molar-refractivity contribution in [1.29, 1.82) is 0 Å². The van der Waals surface area contributed by atoms with Crippen LogP contribution in [0.2, 0.25) is 0 Å². The number of hydrogen-bond donors (Lipinski definition) is 0. The maximum absolute atomic E-state index is 11.9. The SMILES string of the molecule is CCCCCCCCCCCCOC(=O)CN(C)C(=O)CN(C)C(=O)OC. The molecule has 7 nitrogen and oxygen atoms in total. The van der Waals surface area contributed by atoms with Crippen LogP contribution < -0.4 is 0 Å². The predicted molar refractivity (Wildman–Crippen MR) is 105 cm³/mol. The number of rotatable bonds is 15. The van der Waals surface area contributed by atoms with E-state index in [2.05, 4.69) is 11.7 Å². The third-order valence-electron chi connectivity index (χ3n) is 4.41. The zero-order valence-electron chi connectivity index (χ0n) is 17.6. The molecular formula is C20H38N2O5. The fraction of sp³-hybridized carbons (Fsp3) is 0.850. The number of likely N-dealkylation sites (N-methyl/N-ethyl adjacent to an activating group) is 2. The van der Waals surface area contributed by atoms with E-state index in [1.165, 1.54) is 77.5 Å². The maximum Gasteiger partial charge on any atom is 0.409 e. The highest BCUT2D eigenvalue weighted by molar-refractivity contribution is 5.85. The average Bonchev–Trinajstić information content (AvgIpc) is 2.65. The van der Waals surface area contributed by atoms with Crippen LogP contribution in [0.5, 0.6) is 0 Å². The van der Waals surface area contributed by atoms with Crippen LogP contribution in [0.25, 0.3) is 0 Å². The van der Waals surface area contributed by atoms with E-state index in [0.29, 0.717) is 6.61 Å². The van der Waals surface area contributed by atoms with Crippen LogP contribution in [0.4, 0.5) is 4.79 Å². The van der Waals surface area contributed by atoms with Gasteiger partial charge < -0.3 is 19.3 Å². The van der Waals surface area contributed by atoms with Crippen molar-refractivity contribution >= 4 is 18.0 Å². The first-order valence-corrected chi connectivity index (χ1v) is 10.1. The van der Waals surface area contributed by atoms with Gasteiger partial charge in [-0.15, -0.1) is 0 Å². The summed E-state index contributed by atoms with van der Waals surface area (Å²) in [7, 11) is 4.22. The van der Waals surface area contributed by atoms with Crippen molar-refractivity contribution in [3.05, 3.63) is 0 Å². The number of hydrogen-bond acceptors (Lipinski definition) is 5. The molecule has 0 aromatic rings. The van der Waals surface area contributed by atoms with Gasteiger partial charge in [0.2, 0.25) is 5.91 Å². The van der Waals surface area contributed by atoms with Crippen LogP contribution in [-0.4, -0.2) is 68.7 Å². The third-order valence-corrected chi connectivity index (χ3v) is 4.41. The van der Waals surface area contributed by atoms with Gasteiger partial charge in [0.1, 0.15) is 13.1 Å². The summed E-state index contributed by atoms with van der Waals surface area (Å²) in [6.07, 6.45) is 11.6. The molecule has 0 bridgehead atoms. The summed E-state index contributed by atoms with van der Waals surface area (Å²) in [4.78, 5) is 37.4. The first-order chi connectivity index (χ1) is 12.9. The summed E-state index contributed by atoms with van der Waals surface area (Å²) in [5, 5.41) is 0. The number of nitrogens with zero attached hydrogens (tertiary/aromatic N) is 2. The fourth-order valence-corrected chi connectivity index (χ4v) is 2.65. The van der Waals surface area contributed by atoms with E-state index < -0.39 is 12.1 Å². The van der Waals surface area contributed by atoms with Gasteiger partial charge in [0.15, 0.2) is 0 Å². The van der Waals surface area contributed by atoms with Gasteiger partial charge in [-0.1, -0.05) is 64.7 Å². The standard InChI is InChI=1S/C20H38N2O5/c1-5-6-7-8-9-10-11-12-13-14-15-27-19(24)17-21(2)18(23)16-22(3)20(25)26-4/h5-17H2,1-4H3. The Bertz CT molecular complexity index is 429. The first-order valence-electron chi connectivity index (χ1n) is 10.1. The van der Waals surface area contributed by atoms with Crippen molar-refractivity contribution in [2.45, 2.75) is 71.1 Å². The molecule has 0 aliphatic rings. The number of carbonyl (C=O) groups is 3. The summed E-state index contributed by atoms with van der Waals surface area (Å²) in [6.45, 7) is 2.35. The van der Waals surface area contributed by atoms with E-state index in [0.717, 1.165) is 17.7 Å². The van der Waals surface area contributed by atoms with E-state index in [1.54, 1.807) is 0 Å². The molecule has 0 aliphatic heterocycles. The average molecular weight is 387 g/mol. The van der Waals surface area contributed by atoms with E-state index in [1.807, 2.05) is 0 Å². The lowest BCUT2D eigenvalue weighted by atomic mass is 10.1. The van der Waals surface area contributed by atoms with Crippen molar-refractivity contribution in [1.82, 2.24) is 9.80 Å². The minimum Gasteiger partial charge on any atom is -0.464 e. The summed E-state index contributed by atoms with van der Waals surface area (Å²) in [5.41, 5.74) is 0. The molecule has 158 valence electrons.